The molecular formula is C2HF6O8PS2. The Labute approximate surface area is 100 Å². The van der Waals surface area contributed by atoms with Crippen molar-refractivity contribution >= 4 is 28.1 Å². The molecule has 0 bridgehead atoms. The predicted molar refractivity (Wildman–Crippen MR) is 41.9 cm³/mol. The van der Waals surface area contributed by atoms with E-state index in [-0.39, 0.29) is 0 Å². The van der Waals surface area contributed by atoms with E-state index in [9.17, 15) is 47.7 Å². The Balaban J connectivity index is 5.34. The van der Waals surface area contributed by atoms with E-state index in [1.165, 1.54) is 0 Å². The number of hydrogen-bond donors (Lipinski definition) is 1. The molecule has 19 heavy (non-hydrogen) atoms. The first-order chi connectivity index (χ1) is 7.91. The molecule has 0 rings (SSSR count). The first-order valence-electron chi connectivity index (χ1n) is 3.29. The van der Waals surface area contributed by atoms with Gasteiger partial charge in [-0.25, -0.2) is 4.57 Å². The molecule has 0 heterocycles. The molecule has 0 saturated carbocycles. The lowest BCUT2D eigenvalue weighted by Crippen LogP contribution is -2.28. The van der Waals surface area contributed by atoms with Gasteiger partial charge in [-0.15, -0.1) is 0 Å². The highest BCUT2D eigenvalue weighted by atomic mass is 32.2. The lowest BCUT2D eigenvalue weighted by Gasteiger charge is -2.14. The largest absolute Gasteiger partial charge is 0.523 e. The molecule has 0 radical (unpaired) electrons. The molecule has 0 spiro atoms. The summed E-state index contributed by atoms with van der Waals surface area (Å²) in [6, 6.07) is 0. The summed E-state index contributed by atoms with van der Waals surface area (Å²) < 4.78 is 126. The minimum atomic E-state index is -6.84. The third-order valence-corrected chi connectivity index (χ3v) is 5.16. The first kappa shape index (κ1) is 18.6. The SMILES string of the molecule is O=P(O)(OS(=O)(=O)C(F)(F)F)OS(=O)(=O)C(F)(F)F. The molecule has 8 nitrogen and oxygen atoms in total. The first-order valence-corrected chi connectivity index (χ1v) is 7.60. The summed E-state index contributed by atoms with van der Waals surface area (Å²) in [5.74, 6) is 0. The van der Waals surface area contributed by atoms with Crippen molar-refractivity contribution in [1.29, 1.82) is 0 Å². The number of alkyl halides is 6. The zero-order chi connectivity index (χ0) is 15.9. The summed E-state index contributed by atoms with van der Waals surface area (Å²) in [7, 11) is -20.4. The van der Waals surface area contributed by atoms with Gasteiger partial charge in [-0.1, -0.05) is 0 Å². The second kappa shape index (κ2) is 4.85. The van der Waals surface area contributed by atoms with Crippen molar-refractivity contribution < 1.29 is 60.6 Å². The second-order valence-corrected chi connectivity index (χ2v) is 7.29. The van der Waals surface area contributed by atoms with Gasteiger partial charge in [0, 0.05) is 0 Å². The van der Waals surface area contributed by atoms with Crippen LogP contribution in [0.5, 0.6) is 0 Å². The minimum Gasteiger partial charge on any atom is -0.301 e. The molecule has 1 N–H and O–H groups in total. The Morgan fingerprint density at radius 1 is 0.789 bits per heavy atom. The summed E-state index contributed by atoms with van der Waals surface area (Å²) in [6.45, 7) is 0. The maximum Gasteiger partial charge on any atom is 0.523 e. The molecule has 0 saturated heterocycles. The minimum absolute atomic E-state index is 2.38. The van der Waals surface area contributed by atoms with Crippen LogP contribution in [0.25, 0.3) is 0 Å². The highest BCUT2D eigenvalue weighted by Gasteiger charge is 2.56. The van der Waals surface area contributed by atoms with Crippen LogP contribution in [0.2, 0.25) is 0 Å². The molecule has 0 fully saturated rings. The average molecular weight is 362 g/mol. The van der Waals surface area contributed by atoms with Gasteiger partial charge in [0.05, 0.1) is 0 Å². The fourth-order valence-electron chi connectivity index (χ4n) is 0.345. The van der Waals surface area contributed by atoms with Crippen molar-refractivity contribution in [3.63, 3.8) is 0 Å². The number of rotatable bonds is 4. The molecule has 0 aliphatic carbocycles. The van der Waals surface area contributed by atoms with Gasteiger partial charge < -0.3 is 4.89 Å². The Bertz CT molecular complexity index is 532. The van der Waals surface area contributed by atoms with Gasteiger partial charge in [-0.2, -0.15) is 51.1 Å². The van der Waals surface area contributed by atoms with Crippen molar-refractivity contribution in [2.75, 3.05) is 0 Å². The van der Waals surface area contributed by atoms with Crippen LogP contribution in [0.3, 0.4) is 0 Å². The Morgan fingerprint density at radius 2 is 1.00 bits per heavy atom. The molecular weight excluding hydrogens is 361 g/mol. The molecule has 0 unspecified atom stereocenters. The van der Waals surface area contributed by atoms with E-state index < -0.39 is 39.1 Å². The summed E-state index contributed by atoms with van der Waals surface area (Å²) in [4.78, 5) is 8.27. The van der Waals surface area contributed by atoms with E-state index >= 15 is 0 Å². The summed E-state index contributed by atoms with van der Waals surface area (Å²) in [5.41, 5.74) is -12.6. The summed E-state index contributed by atoms with van der Waals surface area (Å²) in [5, 5.41) is 0. The number of phosphoric acid groups is 1. The molecule has 0 atom stereocenters. The van der Waals surface area contributed by atoms with E-state index in [0.717, 1.165) is 0 Å². The molecule has 0 amide bonds. The lowest BCUT2D eigenvalue weighted by molar-refractivity contribution is -0.0530. The van der Waals surface area contributed by atoms with E-state index in [4.69, 9.17) is 4.89 Å². The maximum atomic E-state index is 11.7. The molecule has 0 aliphatic rings. The fourth-order valence-corrected chi connectivity index (χ4v) is 3.33. The molecule has 0 aliphatic heterocycles. The standard InChI is InChI=1S/C2HF6O8PS2/c3-1(4,5)18(11,12)15-17(9,10)16-19(13,14)2(6,7)8/h(H,9,10). The van der Waals surface area contributed by atoms with Gasteiger partial charge in [0.15, 0.2) is 0 Å². The monoisotopic (exact) mass is 362 g/mol. The van der Waals surface area contributed by atoms with Crippen molar-refractivity contribution in [3.8, 4) is 0 Å². The van der Waals surface area contributed by atoms with Crippen LogP contribution < -0.4 is 0 Å². The van der Waals surface area contributed by atoms with Crippen LogP contribution in [-0.4, -0.2) is 32.7 Å². The zero-order valence-electron chi connectivity index (χ0n) is 7.84. The third-order valence-electron chi connectivity index (χ3n) is 0.952. The molecule has 0 aromatic rings. The van der Waals surface area contributed by atoms with Crippen LogP contribution in [0.1, 0.15) is 0 Å². The molecule has 17 heteroatoms. The highest BCUT2D eigenvalue weighted by molar-refractivity contribution is 7.95. The van der Waals surface area contributed by atoms with Crippen molar-refractivity contribution in [2.45, 2.75) is 11.0 Å². The third kappa shape index (κ3) is 4.88. The zero-order valence-corrected chi connectivity index (χ0v) is 10.4. The molecule has 0 aromatic heterocycles. The predicted octanol–water partition coefficient (Wildman–Crippen LogP) is 0.819. The molecule has 0 aromatic carbocycles. The smallest absolute Gasteiger partial charge is 0.301 e. The van der Waals surface area contributed by atoms with Crippen LogP contribution in [0.15, 0.2) is 0 Å². The number of hydrogen-bond acceptors (Lipinski definition) is 7. The Kier molecular flexibility index (Phi) is 4.75. The Morgan fingerprint density at radius 3 is 1.16 bits per heavy atom. The lowest BCUT2D eigenvalue weighted by atomic mass is 11.6. The van der Waals surface area contributed by atoms with Gasteiger partial charge in [-0.3, -0.25) is 0 Å². The van der Waals surface area contributed by atoms with Crippen LogP contribution in [-0.2, 0) is 32.7 Å². The number of halogens is 6. The Hall–Kier alpha value is -0.410. The van der Waals surface area contributed by atoms with Gasteiger partial charge in [0.1, 0.15) is 0 Å². The van der Waals surface area contributed by atoms with Gasteiger partial charge in [0.2, 0.25) is 0 Å². The highest BCUT2D eigenvalue weighted by Crippen LogP contribution is 2.51. The van der Waals surface area contributed by atoms with E-state index in [1.54, 1.807) is 0 Å². The van der Waals surface area contributed by atoms with Crippen LogP contribution in [0.4, 0.5) is 26.3 Å². The van der Waals surface area contributed by atoms with Crippen molar-refractivity contribution in [3.05, 3.63) is 0 Å². The van der Waals surface area contributed by atoms with E-state index in [2.05, 4.69) is 7.94 Å². The van der Waals surface area contributed by atoms with Crippen LogP contribution >= 0.6 is 7.82 Å². The maximum absolute atomic E-state index is 11.7. The van der Waals surface area contributed by atoms with E-state index in [1.807, 2.05) is 0 Å². The van der Waals surface area contributed by atoms with Crippen molar-refractivity contribution in [1.82, 2.24) is 0 Å². The molecule has 116 valence electrons. The van der Waals surface area contributed by atoms with E-state index in [0.29, 0.717) is 0 Å². The quantitative estimate of drug-likeness (QED) is 0.443. The topological polar surface area (TPSA) is 124 Å². The normalized spacial score (nSPS) is 15.5. The van der Waals surface area contributed by atoms with Gasteiger partial charge >= 0.3 is 39.1 Å². The van der Waals surface area contributed by atoms with Gasteiger partial charge in [0.25, 0.3) is 0 Å². The van der Waals surface area contributed by atoms with Gasteiger partial charge in [-0.05, 0) is 0 Å². The summed E-state index contributed by atoms with van der Waals surface area (Å²) in [6.07, 6.45) is 0. The fraction of sp³-hybridized carbons (Fsp3) is 1.00. The average Bonchev–Trinajstić information content (AvgIpc) is 1.93. The van der Waals surface area contributed by atoms with Crippen LogP contribution in [0, 0.1) is 0 Å². The summed E-state index contributed by atoms with van der Waals surface area (Å²) >= 11 is 0. The second-order valence-electron chi connectivity index (χ2n) is 2.42. The van der Waals surface area contributed by atoms with Crippen molar-refractivity contribution in [2.24, 2.45) is 0 Å².